The molecule has 2 aromatic rings. The van der Waals surface area contributed by atoms with Gasteiger partial charge in [-0.1, -0.05) is 25.1 Å². The van der Waals surface area contributed by atoms with Crippen molar-refractivity contribution >= 4 is 35.0 Å². The van der Waals surface area contributed by atoms with Gasteiger partial charge in [-0.3, -0.25) is 24.6 Å². The summed E-state index contributed by atoms with van der Waals surface area (Å²) in [5, 5.41) is 47.6. The second-order valence-electron chi connectivity index (χ2n) is 11.3. The summed E-state index contributed by atoms with van der Waals surface area (Å²) in [6, 6.07) is 8.73. The van der Waals surface area contributed by atoms with Gasteiger partial charge in [0.25, 0.3) is 5.91 Å². The summed E-state index contributed by atoms with van der Waals surface area (Å²) >= 11 is 0. The molecule has 3 aliphatic carbocycles. The Labute approximate surface area is 247 Å². The first-order valence-corrected chi connectivity index (χ1v) is 13.9. The van der Waals surface area contributed by atoms with Gasteiger partial charge in [-0.05, 0) is 74.2 Å². The zero-order valence-corrected chi connectivity index (χ0v) is 23.9. The lowest BCUT2D eigenvalue weighted by Gasteiger charge is -2.50. The number of carbonyl (C=O) groups excluding carboxylic acids is 4. The largest absolute Gasteiger partial charge is 0.508 e. The second kappa shape index (κ2) is 10.9. The number of hydrogen-bond donors (Lipinski definition) is 6. The van der Waals surface area contributed by atoms with Crippen molar-refractivity contribution in [1.82, 2.24) is 4.90 Å². The number of carbonyl (C=O) groups is 4. The number of aliphatic hydroxyl groups is 3. The van der Waals surface area contributed by atoms with Crippen LogP contribution in [-0.2, 0) is 25.5 Å². The molecule has 2 amide bonds. The van der Waals surface area contributed by atoms with Crippen molar-refractivity contribution in [2.75, 3.05) is 26.0 Å². The van der Waals surface area contributed by atoms with Crippen molar-refractivity contribution in [3.8, 4) is 16.9 Å². The van der Waals surface area contributed by atoms with E-state index in [1.54, 1.807) is 44.4 Å². The molecule has 1 fully saturated rings. The van der Waals surface area contributed by atoms with Crippen LogP contribution in [0.25, 0.3) is 16.9 Å². The van der Waals surface area contributed by atoms with Crippen LogP contribution in [0.3, 0.4) is 0 Å². The molecule has 4 unspecified atom stereocenters. The fraction of sp³-hybridized carbons (Fsp3) is 0.355. The van der Waals surface area contributed by atoms with E-state index < -0.39 is 64.1 Å². The fourth-order valence-corrected chi connectivity index (χ4v) is 6.60. The maximum atomic E-state index is 14.0. The Bertz CT molecular complexity index is 1610. The van der Waals surface area contributed by atoms with Gasteiger partial charge in [0, 0.05) is 17.2 Å². The first-order valence-electron chi connectivity index (χ1n) is 13.9. The number of nitrogens with two attached hydrogens (primary N) is 1. The zero-order valence-electron chi connectivity index (χ0n) is 23.9. The highest BCUT2D eigenvalue weighted by atomic mass is 16.5. The van der Waals surface area contributed by atoms with Crippen molar-refractivity contribution < 1.29 is 44.3 Å². The monoisotopic (exact) mass is 591 g/mol. The number of aromatic hydroxyl groups is 1. The molecular weight excluding hydrogens is 558 g/mol. The maximum absolute atomic E-state index is 14.0. The van der Waals surface area contributed by atoms with E-state index in [9.17, 15) is 39.6 Å². The van der Waals surface area contributed by atoms with Crippen LogP contribution in [0.1, 0.15) is 30.9 Å². The fourth-order valence-electron chi connectivity index (χ4n) is 6.60. The Morgan fingerprint density at radius 3 is 2.37 bits per heavy atom. The van der Waals surface area contributed by atoms with Crippen molar-refractivity contribution in [3.05, 3.63) is 64.4 Å². The molecule has 0 radical (unpaired) electrons. The van der Waals surface area contributed by atoms with Gasteiger partial charge in [0.05, 0.1) is 18.2 Å². The number of amides is 2. The highest BCUT2D eigenvalue weighted by Gasteiger charge is 2.64. The van der Waals surface area contributed by atoms with Crippen LogP contribution in [0.2, 0.25) is 0 Å². The van der Waals surface area contributed by atoms with Crippen molar-refractivity contribution in [3.63, 3.8) is 0 Å². The Kier molecular flexibility index (Phi) is 7.53. The van der Waals surface area contributed by atoms with E-state index in [0.29, 0.717) is 28.8 Å². The molecule has 1 saturated carbocycles. The molecule has 0 saturated heterocycles. The molecule has 4 atom stereocenters. The van der Waals surface area contributed by atoms with Gasteiger partial charge in [-0.25, -0.2) is 4.79 Å². The predicted octanol–water partition coefficient (Wildman–Crippen LogP) is 2.59. The second-order valence-corrected chi connectivity index (χ2v) is 11.3. The van der Waals surface area contributed by atoms with Crippen molar-refractivity contribution in [2.45, 2.75) is 37.8 Å². The Balaban J connectivity index is 1.59. The molecule has 5 rings (SSSR count). The predicted molar refractivity (Wildman–Crippen MR) is 155 cm³/mol. The summed E-state index contributed by atoms with van der Waals surface area (Å²) in [7, 11) is 3.09. The number of hydrogen-bond acceptors (Lipinski definition) is 10. The van der Waals surface area contributed by atoms with E-state index >= 15 is 0 Å². The number of nitrogens with one attached hydrogen (secondary N) is 1. The number of rotatable bonds is 6. The average Bonchev–Trinajstić information content (AvgIpc) is 2.94. The molecule has 43 heavy (non-hydrogen) atoms. The smallest absolute Gasteiger partial charge is 0.411 e. The minimum absolute atomic E-state index is 0.000801. The molecule has 0 heterocycles. The summed E-state index contributed by atoms with van der Waals surface area (Å²) in [5.74, 6) is -7.02. The summed E-state index contributed by atoms with van der Waals surface area (Å²) in [5.41, 5.74) is 3.97. The number of phenolic OH excluding ortho intramolecular Hbond substituents is 1. The number of fused-ring (bicyclic) bond motifs is 3. The Morgan fingerprint density at radius 1 is 1.09 bits per heavy atom. The number of benzene rings is 2. The highest BCUT2D eigenvalue weighted by Crippen LogP contribution is 2.53. The number of Topliss-reactive ketones (excluding diaryl/α,β-unsaturated/α-hetero) is 2. The third-order valence-corrected chi connectivity index (χ3v) is 8.48. The van der Waals surface area contributed by atoms with Crippen LogP contribution >= 0.6 is 0 Å². The quantitative estimate of drug-likeness (QED) is 0.271. The van der Waals surface area contributed by atoms with Crippen LogP contribution in [0.15, 0.2) is 53.3 Å². The van der Waals surface area contributed by atoms with Crippen LogP contribution < -0.4 is 11.1 Å². The third kappa shape index (κ3) is 4.63. The first kappa shape index (κ1) is 29.8. The van der Waals surface area contributed by atoms with Gasteiger partial charge >= 0.3 is 6.09 Å². The van der Waals surface area contributed by atoms with E-state index in [4.69, 9.17) is 10.5 Å². The Hall–Kier alpha value is -4.68. The minimum atomic E-state index is -2.70. The molecular formula is C31H33N3O9. The van der Waals surface area contributed by atoms with Crippen molar-refractivity contribution in [2.24, 2.45) is 17.6 Å². The van der Waals surface area contributed by atoms with E-state index in [0.717, 1.165) is 0 Å². The van der Waals surface area contributed by atoms with Gasteiger partial charge in [-0.15, -0.1) is 0 Å². The van der Waals surface area contributed by atoms with Gasteiger partial charge in [0.2, 0.25) is 5.78 Å². The summed E-state index contributed by atoms with van der Waals surface area (Å²) in [6.07, 6.45) is 0.250. The summed E-state index contributed by atoms with van der Waals surface area (Å²) in [6.45, 7) is 2.17. The van der Waals surface area contributed by atoms with E-state index in [1.807, 2.05) is 6.92 Å². The van der Waals surface area contributed by atoms with E-state index in [1.165, 1.54) is 11.0 Å². The molecule has 0 aliphatic heterocycles. The summed E-state index contributed by atoms with van der Waals surface area (Å²) < 4.78 is 5.04. The maximum Gasteiger partial charge on any atom is 0.411 e. The number of nitrogens with zero attached hydrogens (tertiary/aromatic N) is 1. The van der Waals surface area contributed by atoms with Crippen molar-refractivity contribution in [1.29, 1.82) is 0 Å². The number of ether oxygens (including phenoxy) is 1. The first-order chi connectivity index (χ1) is 20.3. The molecule has 0 bridgehead atoms. The molecule has 7 N–H and O–H groups in total. The van der Waals surface area contributed by atoms with E-state index in [2.05, 4.69) is 5.32 Å². The van der Waals surface area contributed by atoms with Crippen LogP contribution in [0.4, 0.5) is 10.5 Å². The molecule has 0 aromatic heterocycles. The van der Waals surface area contributed by atoms with Crippen LogP contribution in [-0.4, -0.2) is 81.2 Å². The molecule has 2 aromatic carbocycles. The van der Waals surface area contributed by atoms with Gasteiger partial charge in [0.1, 0.15) is 22.8 Å². The average molecular weight is 592 g/mol. The zero-order chi connectivity index (χ0) is 31.4. The van der Waals surface area contributed by atoms with Crippen LogP contribution in [0, 0.1) is 11.8 Å². The molecule has 12 nitrogen and oxygen atoms in total. The minimum Gasteiger partial charge on any atom is -0.508 e. The molecule has 3 aliphatic rings. The standard InChI is InChI=1S/C31H33N3O9/c1-4-11-43-30(41)33-16-7-5-14(6-8-16)17-9-10-20(35)22-18(17)12-15-13-19-24(34(2)3)26(37)23(29(32)40)28(39)31(19,42)27(38)21(15)25(22)36/h5-10,15,19,24,35-36,39,42H,4,11-13H2,1-3H3,(H2,32,40)(H,33,41). The molecule has 12 heteroatoms. The SMILES string of the molecule is CCCOC(=O)Nc1ccc(-c2ccc(O)c3c2CC2CC4C(N(C)C)C(=O)C(C(N)=O)=C(O)C4(O)C(=O)C2=C3O)cc1. The lowest BCUT2D eigenvalue weighted by Crippen LogP contribution is -2.65. The number of aliphatic hydroxyl groups excluding tert-OH is 2. The topological polar surface area (TPSA) is 200 Å². The van der Waals surface area contributed by atoms with Crippen LogP contribution in [0.5, 0.6) is 5.75 Å². The number of phenols is 1. The number of primary amides is 1. The van der Waals surface area contributed by atoms with Gasteiger partial charge in [0.15, 0.2) is 11.4 Å². The third-order valence-electron chi connectivity index (χ3n) is 8.48. The van der Waals surface area contributed by atoms with E-state index in [-0.39, 0.29) is 36.3 Å². The molecule has 0 spiro atoms. The highest BCUT2D eigenvalue weighted by molar-refractivity contribution is 6.24. The van der Waals surface area contributed by atoms with Gasteiger partial charge in [-0.2, -0.15) is 0 Å². The lowest BCUT2D eigenvalue weighted by atomic mass is 9.57. The summed E-state index contributed by atoms with van der Waals surface area (Å²) in [4.78, 5) is 52.8. The molecule has 226 valence electrons. The Morgan fingerprint density at radius 2 is 1.77 bits per heavy atom. The van der Waals surface area contributed by atoms with Gasteiger partial charge < -0.3 is 30.9 Å². The number of anilines is 1. The normalized spacial score (nSPS) is 24.8. The number of ketones is 2. The lowest BCUT2D eigenvalue weighted by molar-refractivity contribution is -0.153. The number of likely N-dealkylation sites (N-methyl/N-ethyl adjacent to an activating group) is 1.